The zero-order valence-electron chi connectivity index (χ0n) is 12.5. The summed E-state index contributed by atoms with van der Waals surface area (Å²) < 4.78 is 5.24. The molecule has 1 fully saturated rings. The summed E-state index contributed by atoms with van der Waals surface area (Å²) in [5.41, 5.74) is 0.642. The molecule has 0 bridgehead atoms. The van der Waals surface area contributed by atoms with E-state index in [9.17, 15) is 19.8 Å². The van der Waals surface area contributed by atoms with Crippen LogP contribution in [0.25, 0.3) is 6.08 Å². The van der Waals surface area contributed by atoms with Crippen molar-refractivity contribution < 1.29 is 24.5 Å². The highest BCUT2D eigenvalue weighted by Crippen LogP contribution is 2.35. The zero-order chi connectivity index (χ0) is 17.1. The van der Waals surface area contributed by atoms with E-state index in [-0.39, 0.29) is 22.2 Å². The van der Waals surface area contributed by atoms with Crippen molar-refractivity contribution in [2.24, 2.45) is 0 Å². The second-order valence-electron chi connectivity index (χ2n) is 4.75. The van der Waals surface area contributed by atoms with Crippen LogP contribution in [0.3, 0.4) is 0 Å². The average molecular weight is 353 g/mol. The summed E-state index contributed by atoms with van der Waals surface area (Å²) in [7, 11) is 1.43. The summed E-state index contributed by atoms with van der Waals surface area (Å²) >= 11 is 6.20. The van der Waals surface area contributed by atoms with Gasteiger partial charge in [0, 0.05) is 0 Å². The molecule has 1 aliphatic rings. The number of hydrogen-bond donors (Lipinski definition) is 2. The summed E-state index contributed by atoms with van der Waals surface area (Å²) in [4.78, 5) is 25.2. The monoisotopic (exact) mass is 353 g/mol. The summed E-state index contributed by atoms with van der Waals surface area (Å²) in [5, 5.41) is 18.8. The fraction of sp³-hybridized carbons (Fsp3) is 0.267. The predicted molar refractivity (Wildman–Crippen MR) is 91.4 cm³/mol. The highest BCUT2D eigenvalue weighted by atomic mass is 32.2. The third-order valence-electron chi connectivity index (χ3n) is 3.31. The Balaban J connectivity index is 2.33. The average Bonchev–Trinajstić information content (AvgIpc) is 2.77. The van der Waals surface area contributed by atoms with Crippen molar-refractivity contribution in [3.63, 3.8) is 0 Å². The number of carbonyl (C=O) groups excluding carboxylic acids is 1. The molecular weight excluding hydrogens is 338 g/mol. The first-order valence-corrected chi connectivity index (χ1v) is 7.98. The van der Waals surface area contributed by atoms with E-state index < -0.39 is 17.9 Å². The normalized spacial score (nSPS) is 17.7. The van der Waals surface area contributed by atoms with Gasteiger partial charge in [-0.2, -0.15) is 0 Å². The molecule has 0 saturated carbocycles. The minimum Gasteiger partial charge on any atom is -0.504 e. The number of methoxy groups -OCH3 is 1. The van der Waals surface area contributed by atoms with Crippen molar-refractivity contribution in [2.45, 2.75) is 19.4 Å². The van der Waals surface area contributed by atoms with Gasteiger partial charge in [-0.05, 0) is 30.2 Å². The van der Waals surface area contributed by atoms with Crippen molar-refractivity contribution in [1.82, 2.24) is 4.90 Å². The Kier molecular flexibility index (Phi) is 5.27. The van der Waals surface area contributed by atoms with Crippen LogP contribution in [0.15, 0.2) is 23.1 Å². The number of phenols is 1. The van der Waals surface area contributed by atoms with Crippen molar-refractivity contribution in [3.05, 3.63) is 28.7 Å². The molecule has 2 N–H and O–H groups in total. The Bertz CT molecular complexity index is 701. The number of carboxylic acid groups (broad SMARTS) is 1. The molecule has 2 rings (SSSR count). The molecule has 122 valence electrons. The standard InChI is InChI=1S/C15H15NO5S2/c1-3-9(14(19)20)16-13(18)12(23-15(16)22)7-8-4-5-10(17)11(6-8)21-2/h4-7,9,17H,3H2,1-2H3,(H,19,20). The molecule has 1 atom stereocenters. The van der Waals surface area contributed by atoms with Gasteiger partial charge < -0.3 is 14.9 Å². The molecule has 1 saturated heterocycles. The maximum Gasteiger partial charge on any atom is 0.326 e. The van der Waals surface area contributed by atoms with Gasteiger partial charge in [-0.1, -0.05) is 37.0 Å². The van der Waals surface area contributed by atoms with Gasteiger partial charge in [-0.25, -0.2) is 4.79 Å². The fourth-order valence-corrected chi connectivity index (χ4v) is 3.51. The van der Waals surface area contributed by atoms with Crippen LogP contribution < -0.4 is 4.74 Å². The van der Waals surface area contributed by atoms with E-state index in [1.54, 1.807) is 25.1 Å². The summed E-state index contributed by atoms with van der Waals surface area (Å²) in [6.45, 7) is 1.69. The molecule has 1 heterocycles. The molecule has 1 aliphatic heterocycles. The molecule has 8 heteroatoms. The predicted octanol–water partition coefficient (Wildman–Crippen LogP) is 2.47. The molecule has 1 aromatic rings. The van der Waals surface area contributed by atoms with E-state index in [0.29, 0.717) is 10.5 Å². The largest absolute Gasteiger partial charge is 0.504 e. The molecule has 1 amide bonds. The fourth-order valence-electron chi connectivity index (χ4n) is 2.15. The highest BCUT2D eigenvalue weighted by Gasteiger charge is 2.39. The number of amides is 1. The van der Waals surface area contributed by atoms with E-state index in [2.05, 4.69) is 0 Å². The van der Waals surface area contributed by atoms with E-state index in [1.807, 2.05) is 0 Å². The van der Waals surface area contributed by atoms with Crippen LogP contribution in [0, 0.1) is 0 Å². The molecule has 23 heavy (non-hydrogen) atoms. The number of aromatic hydroxyl groups is 1. The number of ether oxygens (including phenoxy) is 1. The van der Waals surface area contributed by atoms with Gasteiger partial charge in [0.05, 0.1) is 12.0 Å². The number of rotatable bonds is 5. The minimum atomic E-state index is -1.09. The second kappa shape index (κ2) is 7.01. The van der Waals surface area contributed by atoms with Crippen LogP contribution in [0.1, 0.15) is 18.9 Å². The van der Waals surface area contributed by atoms with Crippen LogP contribution in [-0.4, -0.2) is 44.5 Å². The molecule has 0 radical (unpaired) electrons. The van der Waals surface area contributed by atoms with Gasteiger partial charge in [0.2, 0.25) is 0 Å². The molecule has 0 aromatic heterocycles. The lowest BCUT2D eigenvalue weighted by atomic mass is 10.1. The number of carboxylic acids is 1. The van der Waals surface area contributed by atoms with Gasteiger partial charge in [0.15, 0.2) is 11.5 Å². The van der Waals surface area contributed by atoms with Crippen molar-refractivity contribution >= 4 is 46.3 Å². The lowest BCUT2D eigenvalue weighted by Crippen LogP contribution is -2.43. The molecule has 1 unspecified atom stereocenters. The molecular formula is C15H15NO5S2. The Labute approximate surface area is 142 Å². The van der Waals surface area contributed by atoms with E-state index in [0.717, 1.165) is 16.7 Å². The minimum absolute atomic E-state index is 0.00544. The lowest BCUT2D eigenvalue weighted by Gasteiger charge is -2.21. The molecule has 0 aliphatic carbocycles. The Morgan fingerprint density at radius 2 is 2.22 bits per heavy atom. The third kappa shape index (κ3) is 3.48. The number of carbonyl (C=O) groups is 2. The van der Waals surface area contributed by atoms with Crippen LogP contribution in [-0.2, 0) is 9.59 Å². The maximum absolute atomic E-state index is 12.5. The highest BCUT2D eigenvalue weighted by molar-refractivity contribution is 8.26. The Hall–Kier alpha value is -2.06. The third-order valence-corrected chi connectivity index (χ3v) is 4.64. The Morgan fingerprint density at radius 1 is 1.52 bits per heavy atom. The quantitative estimate of drug-likeness (QED) is 0.621. The van der Waals surface area contributed by atoms with Gasteiger partial charge in [-0.15, -0.1) is 0 Å². The van der Waals surface area contributed by atoms with Crippen LogP contribution in [0.2, 0.25) is 0 Å². The number of thioether (sulfide) groups is 1. The SMILES string of the molecule is CCC(C(=O)O)N1C(=O)C(=Cc2ccc(O)c(OC)c2)SC1=S. The number of thiocarbonyl (C=S) groups is 1. The van der Waals surface area contributed by atoms with E-state index >= 15 is 0 Å². The molecule has 1 aromatic carbocycles. The first-order chi connectivity index (χ1) is 10.9. The number of hydrogen-bond acceptors (Lipinski definition) is 6. The van der Waals surface area contributed by atoms with Gasteiger partial charge >= 0.3 is 5.97 Å². The molecule has 0 spiro atoms. The zero-order valence-corrected chi connectivity index (χ0v) is 14.1. The van der Waals surface area contributed by atoms with Gasteiger partial charge in [-0.3, -0.25) is 9.69 Å². The Morgan fingerprint density at radius 3 is 2.78 bits per heavy atom. The van der Waals surface area contributed by atoms with Crippen LogP contribution >= 0.6 is 24.0 Å². The topological polar surface area (TPSA) is 87.1 Å². The van der Waals surface area contributed by atoms with Crippen molar-refractivity contribution in [2.75, 3.05) is 7.11 Å². The number of phenolic OH excluding ortho intramolecular Hbond substituents is 1. The summed E-state index contributed by atoms with van der Waals surface area (Å²) in [6, 6.07) is 3.69. The second-order valence-corrected chi connectivity index (χ2v) is 6.42. The maximum atomic E-state index is 12.5. The smallest absolute Gasteiger partial charge is 0.326 e. The van der Waals surface area contributed by atoms with E-state index in [1.165, 1.54) is 13.2 Å². The summed E-state index contributed by atoms with van der Waals surface area (Å²) in [5.74, 6) is -1.24. The first-order valence-electron chi connectivity index (χ1n) is 6.76. The number of benzene rings is 1. The van der Waals surface area contributed by atoms with Crippen LogP contribution in [0.4, 0.5) is 0 Å². The van der Waals surface area contributed by atoms with Gasteiger partial charge in [0.25, 0.3) is 5.91 Å². The molecule has 6 nitrogen and oxygen atoms in total. The van der Waals surface area contributed by atoms with Crippen molar-refractivity contribution in [3.8, 4) is 11.5 Å². The number of aliphatic carboxylic acids is 1. The lowest BCUT2D eigenvalue weighted by molar-refractivity contribution is -0.145. The van der Waals surface area contributed by atoms with Crippen LogP contribution in [0.5, 0.6) is 11.5 Å². The van der Waals surface area contributed by atoms with Gasteiger partial charge in [0.1, 0.15) is 10.4 Å². The first kappa shape index (κ1) is 17.3. The van der Waals surface area contributed by atoms with E-state index in [4.69, 9.17) is 17.0 Å². The van der Waals surface area contributed by atoms with Crippen molar-refractivity contribution in [1.29, 1.82) is 0 Å². The summed E-state index contributed by atoms with van der Waals surface area (Å²) in [6.07, 6.45) is 1.86. The number of nitrogens with zero attached hydrogens (tertiary/aromatic N) is 1.